The molecule has 0 saturated carbocycles. The molecule has 4 nitrogen and oxygen atoms in total. The predicted molar refractivity (Wildman–Crippen MR) is 82.2 cm³/mol. The summed E-state index contributed by atoms with van der Waals surface area (Å²) in [5.41, 5.74) is 0.671. The van der Waals surface area contributed by atoms with Crippen molar-refractivity contribution in [3.05, 3.63) is 33.8 Å². The molecule has 2 amide bonds. The molecule has 0 atom stereocenters. The highest BCUT2D eigenvalue weighted by molar-refractivity contribution is 6.35. The number of aliphatic hydroxyl groups excluding tert-OH is 1. The zero-order chi connectivity index (χ0) is 15.2. The molecule has 0 aliphatic heterocycles. The van der Waals surface area contributed by atoms with Gasteiger partial charge in [0.15, 0.2) is 0 Å². The molecule has 0 aliphatic rings. The summed E-state index contributed by atoms with van der Waals surface area (Å²) in [6, 6.07) is 4.89. The lowest BCUT2D eigenvalue weighted by Crippen LogP contribution is -2.40. The molecule has 3 N–H and O–H groups in total. The van der Waals surface area contributed by atoms with Crippen LogP contribution in [0.2, 0.25) is 10.0 Å². The van der Waals surface area contributed by atoms with Crippen LogP contribution in [0.15, 0.2) is 18.2 Å². The highest BCUT2D eigenvalue weighted by Crippen LogP contribution is 2.21. The fourth-order valence-electron chi connectivity index (χ4n) is 1.61. The van der Waals surface area contributed by atoms with Crippen LogP contribution in [0.4, 0.5) is 4.79 Å². The third-order valence-electron chi connectivity index (χ3n) is 2.97. The van der Waals surface area contributed by atoms with Crippen LogP contribution in [0.5, 0.6) is 0 Å². The van der Waals surface area contributed by atoms with Crippen molar-refractivity contribution >= 4 is 29.2 Å². The molecule has 0 fully saturated rings. The van der Waals surface area contributed by atoms with Crippen molar-refractivity contribution in [1.82, 2.24) is 10.6 Å². The number of amides is 2. The Hall–Kier alpha value is -0.970. The predicted octanol–water partition coefficient (Wildman–Crippen LogP) is 3.20. The largest absolute Gasteiger partial charge is 0.396 e. The first-order valence-corrected chi connectivity index (χ1v) is 7.16. The van der Waals surface area contributed by atoms with Gasteiger partial charge in [-0.15, -0.1) is 0 Å². The number of rotatable bonds is 6. The van der Waals surface area contributed by atoms with Gasteiger partial charge in [-0.25, -0.2) is 4.79 Å². The summed E-state index contributed by atoms with van der Waals surface area (Å²) >= 11 is 11.8. The minimum absolute atomic E-state index is 0.108. The lowest BCUT2D eigenvalue weighted by atomic mass is 9.90. The molecule has 0 heterocycles. The third kappa shape index (κ3) is 5.99. The van der Waals surface area contributed by atoms with Gasteiger partial charge in [0.05, 0.1) is 0 Å². The van der Waals surface area contributed by atoms with Crippen molar-refractivity contribution in [1.29, 1.82) is 0 Å². The molecule has 0 spiro atoms. The number of urea groups is 1. The monoisotopic (exact) mass is 318 g/mol. The Morgan fingerprint density at radius 1 is 1.30 bits per heavy atom. The van der Waals surface area contributed by atoms with Crippen molar-refractivity contribution in [2.24, 2.45) is 5.41 Å². The van der Waals surface area contributed by atoms with E-state index in [1.165, 1.54) is 0 Å². The van der Waals surface area contributed by atoms with E-state index < -0.39 is 0 Å². The number of benzene rings is 1. The van der Waals surface area contributed by atoms with Crippen LogP contribution in [-0.4, -0.2) is 24.3 Å². The fraction of sp³-hybridized carbons (Fsp3) is 0.500. The maximum Gasteiger partial charge on any atom is 0.315 e. The van der Waals surface area contributed by atoms with Gasteiger partial charge in [-0.3, -0.25) is 0 Å². The van der Waals surface area contributed by atoms with E-state index in [0.29, 0.717) is 29.6 Å². The zero-order valence-corrected chi connectivity index (χ0v) is 13.2. The number of carbonyl (C=O) groups excluding carboxylic acids is 1. The van der Waals surface area contributed by atoms with Crippen LogP contribution in [0, 0.1) is 5.41 Å². The molecule has 0 unspecified atom stereocenters. The van der Waals surface area contributed by atoms with Crippen LogP contribution in [-0.2, 0) is 6.54 Å². The molecule has 1 rings (SSSR count). The van der Waals surface area contributed by atoms with Gasteiger partial charge in [0.1, 0.15) is 0 Å². The number of nitrogens with one attached hydrogen (secondary N) is 2. The Kier molecular flexibility index (Phi) is 6.59. The first-order chi connectivity index (χ1) is 9.34. The van der Waals surface area contributed by atoms with E-state index in [4.69, 9.17) is 28.3 Å². The summed E-state index contributed by atoms with van der Waals surface area (Å²) in [6.07, 6.45) is 0.635. The van der Waals surface area contributed by atoms with Crippen LogP contribution in [0.3, 0.4) is 0 Å². The average Bonchev–Trinajstić information content (AvgIpc) is 2.35. The number of carbonyl (C=O) groups is 1. The summed E-state index contributed by atoms with van der Waals surface area (Å²) in [5.74, 6) is 0. The van der Waals surface area contributed by atoms with E-state index in [9.17, 15) is 4.79 Å². The molecule has 1 aromatic rings. The average molecular weight is 319 g/mol. The van der Waals surface area contributed by atoms with E-state index in [1.54, 1.807) is 18.2 Å². The quantitative estimate of drug-likeness (QED) is 0.754. The van der Waals surface area contributed by atoms with E-state index in [2.05, 4.69) is 10.6 Å². The van der Waals surface area contributed by atoms with Crippen molar-refractivity contribution in [2.75, 3.05) is 13.2 Å². The van der Waals surface area contributed by atoms with E-state index >= 15 is 0 Å². The standard InChI is InChI=1S/C14H20Cl2N2O2/c1-14(2,5-6-19)9-18-13(20)17-8-10-3-4-11(15)7-12(10)16/h3-4,7,19H,5-6,8-9H2,1-2H3,(H2,17,18,20). The topological polar surface area (TPSA) is 61.4 Å². The molecule has 1 aromatic carbocycles. The SMILES string of the molecule is CC(C)(CCO)CNC(=O)NCc1ccc(Cl)cc1Cl. The molecule has 0 saturated heterocycles. The molecule has 0 aliphatic carbocycles. The molecular formula is C14H20Cl2N2O2. The Labute approximate surface area is 129 Å². The summed E-state index contributed by atoms with van der Waals surface area (Å²) in [7, 11) is 0. The highest BCUT2D eigenvalue weighted by atomic mass is 35.5. The molecule has 0 radical (unpaired) electrons. The molecule has 0 bridgehead atoms. The number of hydrogen-bond acceptors (Lipinski definition) is 2. The molecule has 0 aromatic heterocycles. The van der Waals surface area contributed by atoms with Crippen LogP contribution in [0.1, 0.15) is 25.8 Å². The lowest BCUT2D eigenvalue weighted by Gasteiger charge is -2.23. The Balaban J connectivity index is 2.40. The van der Waals surface area contributed by atoms with Gasteiger partial charge in [-0.2, -0.15) is 0 Å². The Morgan fingerprint density at radius 2 is 2.00 bits per heavy atom. The number of hydrogen-bond donors (Lipinski definition) is 3. The van der Waals surface area contributed by atoms with E-state index in [-0.39, 0.29) is 18.1 Å². The second-order valence-corrected chi connectivity index (χ2v) is 6.25. The molecule has 112 valence electrons. The number of aliphatic hydroxyl groups is 1. The minimum Gasteiger partial charge on any atom is -0.396 e. The first-order valence-electron chi connectivity index (χ1n) is 6.40. The van der Waals surface area contributed by atoms with E-state index in [0.717, 1.165) is 5.56 Å². The Morgan fingerprint density at radius 3 is 2.60 bits per heavy atom. The normalized spacial score (nSPS) is 11.2. The maximum atomic E-state index is 11.7. The lowest BCUT2D eigenvalue weighted by molar-refractivity contribution is 0.201. The van der Waals surface area contributed by atoms with Crippen molar-refractivity contribution in [3.8, 4) is 0 Å². The van der Waals surface area contributed by atoms with Crippen LogP contribution >= 0.6 is 23.2 Å². The highest BCUT2D eigenvalue weighted by Gasteiger charge is 2.17. The first kappa shape index (κ1) is 17.1. The maximum absolute atomic E-state index is 11.7. The van der Waals surface area contributed by atoms with Gasteiger partial charge in [0.2, 0.25) is 0 Å². The van der Waals surface area contributed by atoms with Gasteiger partial charge < -0.3 is 15.7 Å². The zero-order valence-electron chi connectivity index (χ0n) is 11.7. The smallest absolute Gasteiger partial charge is 0.315 e. The summed E-state index contributed by atoms with van der Waals surface area (Å²) in [6.45, 7) is 4.91. The number of halogens is 2. The van der Waals surface area contributed by atoms with Crippen molar-refractivity contribution in [3.63, 3.8) is 0 Å². The van der Waals surface area contributed by atoms with Crippen LogP contribution < -0.4 is 10.6 Å². The van der Waals surface area contributed by atoms with Crippen molar-refractivity contribution < 1.29 is 9.90 Å². The second-order valence-electron chi connectivity index (χ2n) is 5.41. The minimum atomic E-state index is -0.262. The van der Waals surface area contributed by atoms with Crippen LogP contribution in [0.25, 0.3) is 0 Å². The summed E-state index contributed by atoms with van der Waals surface area (Å²) < 4.78 is 0. The van der Waals surface area contributed by atoms with Crippen molar-refractivity contribution in [2.45, 2.75) is 26.8 Å². The fourth-order valence-corrected chi connectivity index (χ4v) is 2.09. The molecule has 20 heavy (non-hydrogen) atoms. The summed E-state index contributed by atoms with van der Waals surface area (Å²) in [4.78, 5) is 11.7. The summed E-state index contributed by atoms with van der Waals surface area (Å²) in [5, 5.41) is 15.5. The van der Waals surface area contributed by atoms with Gasteiger partial charge in [0, 0.05) is 29.7 Å². The third-order valence-corrected chi connectivity index (χ3v) is 3.56. The second kappa shape index (κ2) is 7.72. The van der Waals surface area contributed by atoms with Gasteiger partial charge in [-0.05, 0) is 29.5 Å². The van der Waals surface area contributed by atoms with Gasteiger partial charge in [-0.1, -0.05) is 43.1 Å². The van der Waals surface area contributed by atoms with E-state index in [1.807, 2.05) is 13.8 Å². The van der Waals surface area contributed by atoms with Gasteiger partial charge in [0.25, 0.3) is 0 Å². The molecular weight excluding hydrogens is 299 g/mol. The molecule has 6 heteroatoms. The van der Waals surface area contributed by atoms with Gasteiger partial charge >= 0.3 is 6.03 Å². The Bertz CT molecular complexity index is 464.